The van der Waals surface area contributed by atoms with Crippen LogP contribution in [0.1, 0.15) is 0 Å². The summed E-state index contributed by atoms with van der Waals surface area (Å²) in [5.74, 6) is 0. The Morgan fingerprint density at radius 1 is 0.364 bits per heavy atom. The third-order valence-corrected chi connectivity index (χ3v) is 6.27. The van der Waals surface area contributed by atoms with Gasteiger partial charge in [-0.15, -0.1) is 0 Å². The standard InChI is InChI=1S/C32H23N/c1-2-11-24(12-3-1)28-14-8-9-17-31(28)33-32-21-20-27(29-15-6-7-16-30(29)32)26-19-18-23-10-4-5-13-25(23)22-26/h1-22,33H. The van der Waals surface area contributed by atoms with Crippen molar-refractivity contribution in [2.75, 3.05) is 5.32 Å². The quantitative estimate of drug-likeness (QED) is 0.299. The predicted molar refractivity (Wildman–Crippen MR) is 142 cm³/mol. The van der Waals surface area contributed by atoms with E-state index in [1.54, 1.807) is 0 Å². The van der Waals surface area contributed by atoms with E-state index in [2.05, 4.69) is 139 Å². The number of hydrogen-bond donors (Lipinski definition) is 1. The van der Waals surface area contributed by atoms with Gasteiger partial charge < -0.3 is 5.32 Å². The topological polar surface area (TPSA) is 12.0 Å². The van der Waals surface area contributed by atoms with Crippen LogP contribution in [0.15, 0.2) is 133 Å². The summed E-state index contributed by atoms with van der Waals surface area (Å²) in [7, 11) is 0. The molecule has 0 saturated heterocycles. The first kappa shape index (κ1) is 19.3. The summed E-state index contributed by atoms with van der Waals surface area (Å²) in [6.07, 6.45) is 0. The number of para-hydroxylation sites is 1. The SMILES string of the molecule is c1ccc(-c2ccccc2Nc2ccc(-c3ccc4ccccc4c3)c3ccccc23)cc1. The van der Waals surface area contributed by atoms with Crippen molar-refractivity contribution in [1.29, 1.82) is 0 Å². The van der Waals surface area contributed by atoms with E-state index < -0.39 is 0 Å². The monoisotopic (exact) mass is 421 g/mol. The zero-order valence-corrected chi connectivity index (χ0v) is 18.2. The van der Waals surface area contributed by atoms with Crippen LogP contribution in [0.3, 0.4) is 0 Å². The maximum atomic E-state index is 3.72. The normalized spacial score (nSPS) is 11.0. The van der Waals surface area contributed by atoms with Crippen molar-refractivity contribution >= 4 is 32.9 Å². The maximum absolute atomic E-state index is 3.72. The summed E-state index contributed by atoms with van der Waals surface area (Å²) >= 11 is 0. The summed E-state index contributed by atoms with van der Waals surface area (Å²) in [5, 5.41) is 8.71. The van der Waals surface area contributed by atoms with Gasteiger partial charge in [0.15, 0.2) is 0 Å². The Bertz CT molecular complexity index is 1580. The van der Waals surface area contributed by atoms with Crippen LogP contribution in [0, 0.1) is 0 Å². The first-order valence-electron chi connectivity index (χ1n) is 11.3. The van der Waals surface area contributed by atoms with Gasteiger partial charge in [-0.1, -0.05) is 115 Å². The van der Waals surface area contributed by atoms with Gasteiger partial charge in [0.2, 0.25) is 0 Å². The Balaban J connectivity index is 1.46. The Morgan fingerprint density at radius 2 is 1.06 bits per heavy atom. The van der Waals surface area contributed by atoms with Gasteiger partial charge >= 0.3 is 0 Å². The predicted octanol–water partition coefficient (Wildman–Crippen LogP) is 9.07. The van der Waals surface area contributed by atoms with E-state index >= 15 is 0 Å². The molecule has 0 bridgehead atoms. The van der Waals surface area contributed by atoms with Gasteiger partial charge in [0.25, 0.3) is 0 Å². The summed E-state index contributed by atoms with van der Waals surface area (Å²) in [6.45, 7) is 0. The zero-order valence-electron chi connectivity index (χ0n) is 18.2. The Labute approximate surface area is 194 Å². The molecule has 0 saturated carbocycles. The van der Waals surface area contributed by atoms with Gasteiger partial charge in [0.1, 0.15) is 0 Å². The highest BCUT2D eigenvalue weighted by Crippen LogP contribution is 2.37. The highest BCUT2D eigenvalue weighted by molar-refractivity contribution is 6.05. The van der Waals surface area contributed by atoms with Crippen molar-refractivity contribution in [3.8, 4) is 22.3 Å². The average molecular weight is 422 g/mol. The van der Waals surface area contributed by atoms with Crippen molar-refractivity contribution in [1.82, 2.24) is 0 Å². The van der Waals surface area contributed by atoms with E-state index in [-0.39, 0.29) is 0 Å². The fraction of sp³-hybridized carbons (Fsp3) is 0. The second-order valence-electron chi connectivity index (χ2n) is 8.30. The Kier molecular flexibility index (Phi) is 4.86. The molecule has 0 spiro atoms. The molecule has 156 valence electrons. The maximum Gasteiger partial charge on any atom is 0.0464 e. The summed E-state index contributed by atoms with van der Waals surface area (Å²) < 4.78 is 0. The molecule has 0 unspecified atom stereocenters. The largest absolute Gasteiger partial charge is 0.355 e. The molecule has 1 heteroatoms. The molecular formula is C32H23N. The van der Waals surface area contributed by atoms with Crippen LogP contribution in [0.25, 0.3) is 43.8 Å². The van der Waals surface area contributed by atoms with Crippen molar-refractivity contribution in [3.05, 3.63) is 133 Å². The molecule has 33 heavy (non-hydrogen) atoms. The molecule has 6 rings (SSSR count). The molecule has 0 aliphatic carbocycles. The first-order chi connectivity index (χ1) is 16.4. The lowest BCUT2D eigenvalue weighted by molar-refractivity contribution is 1.55. The van der Waals surface area contributed by atoms with E-state index in [0.29, 0.717) is 0 Å². The molecule has 1 N–H and O–H groups in total. The van der Waals surface area contributed by atoms with Crippen molar-refractivity contribution in [2.45, 2.75) is 0 Å². The first-order valence-corrected chi connectivity index (χ1v) is 11.3. The Hall–Kier alpha value is -4.36. The van der Waals surface area contributed by atoms with Gasteiger partial charge in [-0.25, -0.2) is 0 Å². The third-order valence-electron chi connectivity index (χ3n) is 6.27. The molecule has 0 fully saturated rings. The molecule has 6 aromatic rings. The zero-order chi connectivity index (χ0) is 22.0. The molecule has 0 aliphatic heterocycles. The minimum Gasteiger partial charge on any atom is -0.355 e. The molecule has 1 nitrogen and oxygen atoms in total. The minimum absolute atomic E-state index is 1.10. The van der Waals surface area contributed by atoms with Crippen LogP contribution in [-0.4, -0.2) is 0 Å². The number of rotatable bonds is 4. The molecule has 0 aliphatic rings. The number of anilines is 2. The van der Waals surface area contributed by atoms with Crippen LogP contribution in [0.5, 0.6) is 0 Å². The lowest BCUT2D eigenvalue weighted by Crippen LogP contribution is -1.95. The van der Waals surface area contributed by atoms with Crippen LogP contribution in [0.4, 0.5) is 11.4 Å². The minimum atomic E-state index is 1.10. The third kappa shape index (κ3) is 3.64. The van der Waals surface area contributed by atoms with Gasteiger partial charge in [0.05, 0.1) is 0 Å². The van der Waals surface area contributed by atoms with Gasteiger partial charge in [-0.2, -0.15) is 0 Å². The van der Waals surface area contributed by atoms with E-state index in [9.17, 15) is 0 Å². The summed E-state index contributed by atoms with van der Waals surface area (Å²) in [5.41, 5.74) is 7.10. The second-order valence-corrected chi connectivity index (χ2v) is 8.30. The van der Waals surface area contributed by atoms with Crippen LogP contribution < -0.4 is 5.32 Å². The van der Waals surface area contributed by atoms with Crippen LogP contribution in [-0.2, 0) is 0 Å². The molecule has 6 aromatic carbocycles. The average Bonchev–Trinajstić information content (AvgIpc) is 2.89. The van der Waals surface area contributed by atoms with Gasteiger partial charge in [0, 0.05) is 22.3 Å². The molecule has 0 atom stereocenters. The number of fused-ring (bicyclic) bond motifs is 2. The smallest absolute Gasteiger partial charge is 0.0464 e. The van der Waals surface area contributed by atoms with E-state index in [4.69, 9.17) is 0 Å². The summed E-state index contributed by atoms with van der Waals surface area (Å²) in [4.78, 5) is 0. The van der Waals surface area contributed by atoms with E-state index in [0.717, 1.165) is 11.4 Å². The molecular weight excluding hydrogens is 398 g/mol. The lowest BCUT2D eigenvalue weighted by Gasteiger charge is -2.16. The number of nitrogens with one attached hydrogen (secondary N) is 1. The molecule has 0 radical (unpaired) electrons. The lowest BCUT2D eigenvalue weighted by atomic mass is 9.95. The number of hydrogen-bond acceptors (Lipinski definition) is 1. The van der Waals surface area contributed by atoms with Crippen molar-refractivity contribution < 1.29 is 0 Å². The van der Waals surface area contributed by atoms with Crippen LogP contribution in [0.2, 0.25) is 0 Å². The summed E-state index contributed by atoms with van der Waals surface area (Å²) in [6, 6.07) is 47.4. The van der Waals surface area contributed by atoms with E-state index in [1.165, 1.54) is 43.8 Å². The van der Waals surface area contributed by atoms with E-state index in [1.807, 2.05) is 0 Å². The van der Waals surface area contributed by atoms with Gasteiger partial charge in [-0.05, 0) is 51.0 Å². The Morgan fingerprint density at radius 3 is 1.94 bits per heavy atom. The van der Waals surface area contributed by atoms with Crippen molar-refractivity contribution in [3.63, 3.8) is 0 Å². The fourth-order valence-corrected chi connectivity index (χ4v) is 4.62. The van der Waals surface area contributed by atoms with Gasteiger partial charge in [-0.3, -0.25) is 0 Å². The highest BCUT2D eigenvalue weighted by atomic mass is 14.9. The highest BCUT2D eigenvalue weighted by Gasteiger charge is 2.11. The van der Waals surface area contributed by atoms with Crippen LogP contribution >= 0.6 is 0 Å². The number of benzene rings is 6. The van der Waals surface area contributed by atoms with Crippen molar-refractivity contribution in [2.24, 2.45) is 0 Å². The molecule has 0 heterocycles. The molecule has 0 aromatic heterocycles. The molecule has 0 amide bonds. The second kappa shape index (κ2) is 8.29. The fourth-order valence-electron chi connectivity index (χ4n) is 4.62.